The van der Waals surface area contributed by atoms with Gasteiger partial charge < -0.3 is 9.84 Å². The lowest BCUT2D eigenvalue weighted by atomic mass is 9.94. The minimum Gasteiger partial charge on any atom is -0.479 e. The summed E-state index contributed by atoms with van der Waals surface area (Å²) in [5.41, 5.74) is 0.856. The van der Waals surface area contributed by atoms with Crippen LogP contribution in [0.2, 0.25) is 0 Å². The van der Waals surface area contributed by atoms with Crippen LogP contribution in [0, 0.1) is 0 Å². The quantitative estimate of drug-likeness (QED) is 0.557. The number of nitrogens with zero attached hydrogens (tertiary/aromatic N) is 1. The van der Waals surface area contributed by atoms with Gasteiger partial charge in [0.2, 0.25) is 0 Å². The van der Waals surface area contributed by atoms with E-state index in [0.717, 1.165) is 31.2 Å². The zero-order chi connectivity index (χ0) is 19.4. The number of aliphatic carboxylic acids is 1. The first-order valence-corrected chi connectivity index (χ1v) is 10.5. The summed E-state index contributed by atoms with van der Waals surface area (Å²) in [5, 5.41) is 9.07. The highest BCUT2D eigenvalue weighted by Crippen LogP contribution is 2.37. The molecule has 1 aromatic carbocycles. The van der Waals surface area contributed by atoms with Gasteiger partial charge in [-0.05, 0) is 43.0 Å². The predicted molar refractivity (Wildman–Crippen MR) is 111 cm³/mol. The average Bonchev–Trinajstić information content (AvgIpc) is 2.94. The van der Waals surface area contributed by atoms with Gasteiger partial charge in [0.25, 0.3) is 5.91 Å². The summed E-state index contributed by atoms with van der Waals surface area (Å²) in [6.07, 6.45) is 6.94. The van der Waals surface area contributed by atoms with E-state index < -0.39 is 12.1 Å². The molecule has 1 aliphatic carbocycles. The fraction of sp³-hybridized carbons (Fsp3) is 0.450. The molecule has 1 saturated heterocycles. The monoisotopic (exact) mass is 405 g/mol. The zero-order valence-electron chi connectivity index (χ0n) is 15.2. The number of carboxylic acids is 1. The second-order valence-electron chi connectivity index (χ2n) is 6.77. The summed E-state index contributed by atoms with van der Waals surface area (Å²) < 4.78 is 6.11. The summed E-state index contributed by atoms with van der Waals surface area (Å²) in [6.45, 7) is 1.77. The van der Waals surface area contributed by atoms with Crippen LogP contribution in [-0.4, -0.2) is 38.3 Å². The van der Waals surface area contributed by atoms with Gasteiger partial charge in [0, 0.05) is 6.04 Å². The molecule has 1 aliphatic heterocycles. The Balaban J connectivity index is 1.70. The van der Waals surface area contributed by atoms with Crippen LogP contribution in [-0.2, 0) is 9.59 Å². The van der Waals surface area contributed by atoms with Gasteiger partial charge in [0.05, 0.1) is 4.91 Å². The first-order valence-electron chi connectivity index (χ1n) is 9.26. The van der Waals surface area contributed by atoms with E-state index in [1.165, 1.54) is 18.2 Å². The molecule has 2 fully saturated rings. The smallest absolute Gasteiger partial charge is 0.344 e. The molecule has 7 heteroatoms. The van der Waals surface area contributed by atoms with Crippen LogP contribution in [0.4, 0.5) is 0 Å². The minimum atomic E-state index is -0.979. The molecule has 1 N–H and O–H groups in total. The van der Waals surface area contributed by atoms with Crippen molar-refractivity contribution in [3.05, 3.63) is 34.7 Å². The van der Waals surface area contributed by atoms with Gasteiger partial charge in [0.15, 0.2) is 6.10 Å². The maximum absolute atomic E-state index is 12.8. The summed E-state index contributed by atoms with van der Waals surface area (Å²) in [5.74, 6) is -0.488. The Kier molecular flexibility index (Phi) is 6.55. The molecule has 0 aromatic heterocycles. The van der Waals surface area contributed by atoms with Crippen molar-refractivity contribution in [2.24, 2.45) is 0 Å². The van der Waals surface area contributed by atoms with Crippen molar-refractivity contribution in [2.45, 2.75) is 57.6 Å². The molecule has 2 aliphatic rings. The molecule has 0 spiro atoms. The van der Waals surface area contributed by atoms with Gasteiger partial charge in [-0.15, -0.1) is 0 Å². The normalized spacial score (nSPS) is 20.9. The lowest BCUT2D eigenvalue weighted by molar-refractivity contribution is -0.145. The van der Waals surface area contributed by atoms with Gasteiger partial charge in [-0.3, -0.25) is 9.69 Å². The second kappa shape index (κ2) is 8.89. The van der Waals surface area contributed by atoms with Crippen LogP contribution < -0.4 is 4.74 Å². The van der Waals surface area contributed by atoms with E-state index in [2.05, 4.69) is 0 Å². The lowest BCUT2D eigenvalue weighted by Gasteiger charge is -2.29. The third-order valence-electron chi connectivity index (χ3n) is 4.87. The standard InChI is InChI=1S/C20H23NO4S2/c1-2-16(19(23)24)25-15-10-8-13(9-11-15)12-17-18(22)21(20(26)27-17)14-6-4-3-5-7-14/h8-12,14,16H,2-7H2,1H3,(H,23,24)/b17-12+. The van der Waals surface area contributed by atoms with E-state index in [4.69, 9.17) is 22.1 Å². The number of benzene rings is 1. The molecule has 1 unspecified atom stereocenters. The SMILES string of the molecule is CCC(Oc1ccc(/C=C2/SC(=S)N(C3CCCCC3)C2=O)cc1)C(=O)O. The largest absolute Gasteiger partial charge is 0.479 e. The van der Waals surface area contributed by atoms with Gasteiger partial charge >= 0.3 is 5.97 Å². The highest BCUT2D eigenvalue weighted by Gasteiger charge is 2.37. The molecule has 144 valence electrons. The number of hydrogen-bond acceptors (Lipinski definition) is 5. The molecule has 0 radical (unpaired) electrons. The Bertz CT molecular complexity index is 754. The molecule has 1 saturated carbocycles. The van der Waals surface area contributed by atoms with E-state index in [0.29, 0.717) is 21.4 Å². The van der Waals surface area contributed by atoms with Gasteiger partial charge in [-0.2, -0.15) is 0 Å². The molecule has 1 heterocycles. The molecule has 1 aromatic rings. The van der Waals surface area contributed by atoms with E-state index in [-0.39, 0.29) is 11.9 Å². The van der Waals surface area contributed by atoms with E-state index in [1.807, 2.05) is 18.2 Å². The van der Waals surface area contributed by atoms with Gasteiger partial charge in [-0.1, -0.05) is 62.3 Å². The molecule has 0 bridgehead atoms. The molecular weight excluding hydrogens is 382 g/mol. The van der Waals surface area contributed by atoms with Crippen molar-refractivity contribution in [2.75, 3.05) is 0 Å². The first-order chi connectivity index (χ1) is 13.0. The Morgan fingerprint density at radius 2 is 2.00 bits per heavy atom. The number of hydrogen-bond donors (Lipinski definition) is 1. The summed E-state index contributed by atoms with van der Waals surface area (Å²) in [6, 6.07) is 7.31. The molecule has 3 rings (SSSR count). The van der Waals surface area contributed by atoms with Crippen LogP contribution in [0.25, 0.3) is 6.08 Å². The van der Waals surface area contributed by atoms with Crippen LogP contribution in [0.3, 0.4) is 0 Å². The fourth-order valence-corrected chi connectivity index (χ4v) is 4.80. The van der Waals surface area contributed by atoms with Crippen molar-refractivity contribution in [3.63, 3.8) is 0 Å². The number of thiocarbonyl (C=S) groups is 1. The Labute approximate surface area is 168 Å². The third-order valence-corrected chi connectivity index (χ3v) is 6.20. The lowest BCUT2D eigenvalue weighted by Crippen LogP contribution is -2.39. The van der Waals surface area contributed by atoms with E-state index in [1.54, 1.807) is 24.0 Å². The fourth-order valence-electron chi connectivity index (χ4n) is 3.40. The Hall–Kier alpha value is -1.86. The maximum Gasteiger partial charge on any atom is 0.344 e. The van der Waals surface area contributed by atoms with Crippen LogP contribution in [0.5, 0.6) is 5.75 Å². The summed E-state index contributed by atoms with van der Waals surface area (Å²) in [7, 11) is 0. The molecule has 27 heavy (non-hydrogen) atoms. The Morgan fingerprint density at radius 3 is 2.59 bits per heavy atom. The molecule has 5 nitrogen and oxygen atoms in total. The van der Waals surface area contributed by atoms with E-state index in [9.17, 15) is 9.59 Å². The number of carbonyl (C=O) groups excluding carboxylic acids is 1. The number of ether oxygens (including phenoxy) is 1. The predicted octanol–water partition coefficient (Wildman–Crippen LogP) is 4.46. The van der Waals surface area contributed by atoms with Crippen LogP contribution in [0.15, 0.2) is 29.2 Å². The molecular formula is C20H23NO4S2. The van der Waals surface area contributed by atoms with Crippen LogP contribution in [0.1, 0.15) is 51.0 Å². The topological polar surface area (TPSA) is 66.8 Å². The first kappa shape index (κ1) is 19.9. The second-order valence-corrected chi connectivity index (χ2v) is 8.44. The maximum atomic E-state index is 12.8. The highest BCUT2D eigenvalue weighted by molar-refractivity contribution is 8.26. The number of carboxylic acid groups (broad SMARTS) is 1. The average molecular weight is 406 g/mol. The molecule has 1 amide bonds. The van der Waals surface area contributed by atoms with Crippen molar-refractivity contribution < 1.29 is 19.4 Å². The number of carbonyl (C=O) groups is 2. The number of thioether (sulfide) groups is 1. The van der Waals surface area contributed by atoms with Crippen molar-refractivity contribution >= 4 is 46.3 Å². The van der Waals surface area contributed by atoms with Gasteiger partial charge in [-0.25, -0.2) is 4.79 Å². The third kappa shape index (κ3) is 4.71. The summed E-state index contributed by atoms with van der Waals surface area (Å²) in [4.78, 5) is 26.3. The number of rotatable bonds is 6. The zero-order valence-corrected chi connectivity index (χ0v) is 16.9. The Morgan fingerprint density at radius 1 is 1.33 bits per heavy atom. The van der Waals surface area contributed by atoms with Crippen LogP contribution >= 0.6 is 24.0 Å². The van der Waals surface area contributed by atoms with Crippen molar-refractivity contribution in [3.8, 4) is 5.75 Å². The minimum absolute atomic E-state index is 0.00542. The summed E-state index contributed by atoms with van der Waals surface area (Å²) >= 11 is 6.80. The van der Waals surface area contributed by atoms with E-state index >= 15 is 0 Å². The van der Waals surface area contributed by atoms with Crippen molar-refractivity contribution in [1.29, 1.82) is 0 Å². The van der Waals surface area contributed by atoms with Crippen molar-refractivity contribution in [1.82, 2.24) is 4.90 Å². The highest BCUT2D eigenvalue weighted by atomic mass is 32.2. The molecule has 1 atom stereocenters. The number of amides is 1. The van der Waals surface area contributed by atoms with Gasteiger partial charge in [0.1, 0.15) is 10.1 Å².